The molecule has 2 aromatic rings. The zero-order valence-electron chi connectivity index (χ0n) is 8.11. The highest BCUT2D eigenvalue weighted by Crippen LogP contribution is 2.14. The van der Waals surface area contributed by atoms with E-state index in [0.717, 1.165) is 21.8 Å². The number of aromatic nitrogens is 3. The Kier molecular flexibility index (Phi) is 2.91. The van der Waals surface area contributed by atoms with E-state index >= 15 is 0 Å². The molecule has 2 rings (SSSR count). The molecule has 0 spiro atoms. The number of nitrogens with zero attached hydrogens (tertiary/aromatic N) is 3. The van der Waals surface area contributed by atoms with Crippen LogP contribution in [0.15, 0.2) is 35.2 Å². The highest BCUT2D eigenvalue weighted by atomic mass is 79.9. The van der Waals surface area contributed by atoms with Gasteiger partial charge in [-0.1, -0.05) is 0 Å². The summed E-state index contributed by atoms with van der Waals surface area (Å²) in [5.74, 6) is 1.52. The van der Waals surface area contributed by atoms with Gasteiger partial charge in [0.05, 0.1) is 18.1 Å². The maximum atomic E-state index is 4.18. The SMILES string of the molecule is Cc1ncc(Nc2ccc(Br)cn2)cn1. The van der Waals surface area contributed by atoms with Gasteiger partial charge in [0.15, 0.2) is 0 Å². The fraction of sp³-hybridized carbons (Fsp3) is 0.100. The van der Waals surface area contributed by atoms with Crippen LogP contribution in [0.5, 0.6) is 0 Å². The Labute approximate surface area is 95.9 Å². The first kappa shape index (κ1) is 10.0. The predicted octanol–water partition coefficient (Wildman–Crippen LogP) is 2.69. The summed E-state index contributed by atoms with van der Waals surface area (Å²) in [7, 11) is 0. The fourth-order valence-corrected chi connectivity index (χ4v) is 1.29. The third-order valence-electron chi connectivity index (χ3n) is 1.78. The molecule has 0 unspecified atom stereocenters. The average molecular weight is 265 g/mol. The van der Waals surface area contributed by atoms with E-state index in [2.05, 4.69) is 36.2 Å². The van der Waals surface area contributed by atoms with Crippen LogP contribution in [-0.2, 0) is 0 Å². The minimum Gasteiger partial charge on any atom is -0.338 e. The molecule has 0 fully saturated rings. The Bertz CT molecular complexity index is 394. The molecule has 0 aromatic carbocycles. The second-order valence-electron chi connectivity index (χ2n) is 3.01. The third-order valence-corrected chi connectivity index (χ3v) is 2.25. The van der Waals surface area contributed by atoms with Crippen molar-refractivity contribution < 1.29 is 0 Å². The summed E-state index contributed by atoms with van der Waals surface area (Å²) in [6, 6.07) is 3.80. The summed E-state index contributed by atoms with van der Waals surface area (Å²) < 4.78 is 0.952. The third kappa shape index (κ3) is 2.73. The van der Waals surface area contributed by atoms with Crippen LogP contribution in [0.3, 0.4) is 0 Å². The van der Waals surface area contributed by atoms with Crippen molar-refractivity contribution in [3.8, 4) is 0 Å². The van der Waals surface area contributed by atoms with Crippen LogP contribution in [0.25, 0.3) is 0 Å². The molecule has 0 bridgehead atoms. The van der Waals surface area contributed by atoms with Crippen LogP contribution < -0.4 is 5.32 Å². The molecule has 2 heterocycles. The number of nitrogens with one attached hydrogen (secondary N) is 1. The molecule has 0 atom stereocenters. The van der Waals surface area contributed by atoms with Gasteiger partial charge in [-0.2, -0.15) is 0 Å². The van der Waals surface area contributed by atoms with Gasteiger partial charge in [0.25, 0.3) is 0 Å². The second kappa shape index (κ2) is 4.35. The first-order valence-electron chi connectivity index (χ1n) is 4.41. The van der Waals surface area contributed by atoms with E-state index in [1.807, 2.05) is 19.1 Å². The maximum Gasteiger partial charge on any atom is 0.130 e. The van der Waals surface area contributed by atoms with Gasteiger partial charge in [-0.05, 0) is 35.0 Å². The van der Waals surface area contributed by atoms with Crippen molar-refractivity contribution in [2.45, 2.75) is 6.92 Å². The van der Waals surface area contributed by atoms with Gasteiger partial charge in [0.1, 0.15) is 11.6 Å². The molecule has 0 aliphatic carbocycles. The molecule has 0 saturated carbocycles. The molecule has 0 radical (unpaired) electrons. The van der Waals surface area contributed by atoms with Crippen molar-refractivity contribution in [2.75, 3.05) is 5.32 Å². The summed E-state index contributed by atoms with van der Waals surface area (Å²) >= 11 is 3.33. The van der Waals surface area contributed by atoms with Crippen molar-refractivity contribution in [2.24, 2.45) is 0 Å². The van der Waals surface area contributed by atoms with Gasteiger partial charge in [-0.3, -0.25) is 0 Å². The van der Waals surface area contributed by atoms with Crippen LogP contribution >= 0.6 is 15.9 Å². The Balaban J connectivity index is 2.15. The highest BCUT2D eigenvalue weighted by Gasteiger charge is 1.96. The van der Waals surface area contributed by atoms with Gasteiger partial charge in [-0.25, -0.2) is 15.0 Å². The van der Waals surface area contributed by atoms with E-state index in [0.29, 0.717) is 0 Å². The molecule has 4 nitrogen and oxygen atoms in total. The van der Waals surface area contributed by atoms with E-state index in [9.17, 15) is 0 Å². The van der Waals surface area contributed by atoms with Crippen molar-refractivity contribution in [3.05, 3.63) is 41.0 Å². The molecular weight excluding hydrogens is 256 g/mol. The van der Waals surface area contributed by atoms with E-state index in [1.54, 1.807) is 18.6 Å². The summed E-state index contributed by atoms with van der Waals surface area (Å²) in [5.41, 5.74) is 0.829. The lowest BCUT2D eigenvalue weighted by Gasteiger charge is -2.04. The number of halogens is 1. The zero-order chi connectivity index (χ0) is 10.7. The molecule has 0 aliphatic rings. The van der Waals surface area contributed by atoms with Gasteiger partial charge < -0.3 is 5.32 Å². The van der Waals surface area contributed by atoms with Gasteiger partial charge >= 0.3 is 0 Å². The predicted molar refractivity (Wildman–Crippen MR) is 62.0 cm³/mol. The van der Waals surface area contributed by atoms with Gasteiger partial charge in [0.2, 0.25) is 0 Å². The topological polar surface area (TPSA) is 50.7 Å². The summed E-state index contributed by atoms with van der Waals surface area (Å²) in [6.45, 7) is 1.85. The number of aryl methyl sites for hydroxylation is 1. The number of anilines is 2. The lowest BCUT2D eigenvalue weighted by atomic mass is 10.4. The Hall–Kier alpha value is -1.49. The van der Waals surface area contributed by atoms with E-state index in [4.69, 9.17) is 0 Å². The molecule has 15 heavy (non-hydrogen) atoms. The van der Waals surface area contributed by atoms with Crippen molar-refractivity contribution >= 4 is 27.4 Å². The van der Waals surface area contributed by atoms with Crippen molar-refractivity contribution in [1.29, 1.82) is 0 Å². The average Bonchev–Trinajstić information content (AvgIpc) is 2.25. The normalized spacial score (nSPS) is 10.0. The lowest BCUT2D eigenvalue weighted by Crippen LogP contribution is -1.95. The van der Waals surface area contributed by atoms with Gasteiger partial charge in [-0.15, -0.1) is 0 Å². The van der Waals surface area contributed by atoms with E-state index in [-0.39, 0.29) is 0 Å². The lowest BCUT2D eigenvalue weighted by molar-refractivity contribution is 1.05. The highest BCUT2D eigenvalue weighted by molar-refractivity contribution is 9.10. The fourth-order valence-electron chi connectivity index (χ4n) is 1.05. The van der Waals surface area contributed by atoms with Crippen LogP contribution in [-0.4, -0.2) is 15.0 Å². The minimum atomic E-state index is 0.754. The molecule has 5 heteroatoms. The molecule has 2 aromatic heterocycles. The quantitative estimate of drug-likeness (QED) is 0.906. The number of rotatable bonds is 2. The Morgan fingerprint density at radius 2 is 1.80 bits per heavy atom. The van der Waals surface area contributed by atoms with E-state index < -0.39 is 0 Å². The van der Waals surface area contributed by atoms with Crippen LogP contribution in [0.1, 0.15) is 5.82 Å². The van der Waals surface area contributed by atoms with Crippen molar-refractivity contribution in [1.82, 2.24) is 15.0 Å². The molecule has 76 valence electrons. The van der Waals surface area contributed by atoms with E-state index in [1.165, 1.54) is 0 Å². The number of hydrogen-bond acceptors (Lipinski definition) is 4. The van der Waals surface area contributed by atoms with Gasteiger partial charge in [0, 0.05) is 10.7 Å². The molecule has 0 saturated heterocycles. The van der Waals surface area contributed by atoms with Crippen LogP contribution in [0.2, 0.25) is 0 Å². The van der Waals surface area contributed by atoms with Crippen molar-refractivity contribution in [3.63, 3.8) is 0 Å². The zero-order valence-corrected chi connectivity index (χ0v) is 9.69. The maximum absolute atomic E-state index is 4.18. The molecule has 0 aliphatic heterocycles. The smallest absolute Gasteiger partial charge is 0.130 e. The summed E-state index contributed by atoms with van der Waals surface area (Å²) in [6.07, 6.45) is 5.19. The minimum absolute atomic E-state index is 0.754. The first-order valence-corrected chi connectivity index (χ1v) is 5.20. The monoisotopic (exact) mass is 264 g/mol. The summed E-state index contributed by atoms with van der Waals surface area (Å²) in [4.78, 5) is 12.3. The Morgan fingerprint density at radius 3 is 2.40 bits per heavy atom. The second-order valence-corrected chi connectivity index (χ2v) is 3.92. The first-order chi connectivity index (χ1) is 7.24. The molecule has 1 N–H and O–H groups in total. The standard InChI is InChI=1S/C10H9BrN4/c1-7-12-5-9(6-13-7)15-10-3-2-8(11)4-14-10/h2-6H,1H3,(H,14,15). The number of pyridine rings is 1. The number of hydrogen-bond donors (Lipinski definition) is 1. The van der Waals surface area contributed by atoms with Crippen LogP contribution in [0, 0.1) is 6.92 Å². The molecular formula is C10H9BrN4. The summed E-state index contributed by atoms with van der Waals surface area (Å²) in [5, 5.41) is 3.10. The largest absolute Gasteiger partial charge is 0.338 e. The van der Waals surface area contributed by atoms with Crippen LogP contribution in [0.4, 0.5) is 11.5 Å². The molecule has 0 amide bonds. The Morgan fingerprint density at radius 1 is 1.07 bits per heavy atom.